The van der Waals surface area contributed by atoms with Crippen molar-refractivity contribution in [2.45, 2.75) is 13.2 Å². The van der Waals surface area contributed by atoms with Crippen molar-refractivity contribution in [1.29, 1.82) is 0 Å². The molecular formula is C25H19NS. The van der Waals surface area contributed by atoms with Crippen molar-refractivity contribution in [3.05, 3.63) is 102 Å². The lowest BCUT2D eigenvalue weighted by atomic mass is 9.99. The van der Waals surface area contributed by atoms with Crippen LogP contribution < -0.4 is 0 Å². The maximum Gasteiger partial charge on any atom is 0.0705 e. The van der Waals surface area contributed by atoms with E-state index in [1.54, 1.807) is 41.7 Å². The average Bonchev–Trinajstić information content (AvgIpc) is 3.16. The normalized spacial score (nSPS) is 15.0. The van der Waals surface area contributed by atoms with Crippen molar-refractivity contribution >= 4 is 31.5 Å². The first kappa shape index (κ1) is 11.7. The summed E-state index contributed by atoms with van der Waals surface area (Å²) in [6.45, 7) is -2.48. The molecule has 0 aliphatic heterocycles. The summed E-state index contributed by atoms with van der Waals surface area (Å²) < 4.78 is 43.8. The van der Waals surface area contributed by atoms with E-state index in [-0.39, 0.29) is 11.1 Å². The quantitative estimate of drug-likeness (QED) is 0.333. The van der Waals surface area contributed by atoms with Gasteiger partial charge < -0.3 is 0 Å². The van der Waals surface area contributed by atoms with Gasteiger partial charge in [0.15, 0.2) is 0 Å². The first-order valence-electron chi connectivity index (χ1n) is 11.2. The van der Waals surface area contributed by atoms with E-state index in [1.165, 1.54) is 10.9 Å². The second kappa shape index (κ2) is 6.64. The largest absolute Gasteiger partial charge is 0.256 e. The van der Waals surface area contributed by atoms with Gasteiger partial charge in [0, 0.05) is 38.8 Å². The summed E-state index contributed by atoms with van der Waals surface area (Å²) in [5.41, 5.74) is 1.82. The van der Waals surface area contributed by atoms with Gasteiger partial charge in [0.2, 0.25) is 0 Å². The Morgan fingerprint density at radius 3 is 2.59 bits per heavy atom. The zero-order valence-corrected chi connectivity index (χ0v) is 15.3. The van der Waals surface area contributed by atoms with Crippen LogP contribution in [0.1, 0.15) is 23.5 Å². The molecule has 130 valence electrons. The van der Waals surface area contributed by atoms with E-state index in [1.807, 2.05) is 36.4 Å². The van der Waals surface area contributed by atoms with Crippen LogP contribution in [0, 0.1) is 6.85 Å². The maximum absolute atomic E-state index is 8.79. The summed E-state index contributed by atoms with van der Waals surface area (Å²) in [5.74, 6) is 0. The van der Waals surface area contributed by atoms with Crippen LogP contribution >= 0.6 is 11.3 Å². The van der Waals surface area contributed by atoms with Crippen molar-refractivity contribution in [1.82, 2.24) is 4.98 Å². The lowest BCUT2D eigenvalue weighted by Crippen LogP contribution is -1.95. The van der Waals surface area contributed by atoms with Crippen LogP contribution in [-0.4, -0.2) is 4.98 Å². The summed E-state index contributed by atoms with van der Waals surface area (Å²) in [4.78, 5) is 4.43. The van der Waals surface area contributed by atoms with Crippen molar-refractivity contribution in [2.24, 2.45) is 0 Å². The molecule has 5 aromatic rings. The zero-order chi connectivity index (χ0) is 22.5. The number of nitrogens with zero attached hydrogens (tertiary/aromatic N) is 1. The van der Waals surface area contributed by atoms with E-state index in [0.717, 1.165) is 21.0 Å². The fraction of sp³-hybridized carbons (Fsp3) is 0.0800. The molecule has 0 saturated carbocycles. The van der Waals surface area contributed by atoms with E-state index < -0.39 is 13.2 Å². The summed E-state index contributed by atoms with van der Waals surface area (Å²) >= 11 is 1.72. The second-order valence-electron chi connectivity index (χ2n) is 6.42. The van der Waals surface area contributed by atoms with Crippen LogP contribution in [0.4, 0.5) is 0 Å². The molecule has 0 bridgehead atoms. The molecule has 0 saturated heterocycles. The third kappa shape index (κ3) is 3.02. The third-order valence-electron chi connectivity index (χ3n) is 4.63. The maximum atomic E-state index is 8.79. The van der Waals surface area contributed by atoms with Crippen LogP contribution in [0.3, 0.4) is 0 Å². The topological polar surface area (TPSA) is 12.9 Å². The Hall–Kier alpha value is -2.97. The van der Waals surface area contributed by atoms with E-state index in [4.69, 9.17) is 6.85 Å². The van der Waals surface area contributed by atoms with Gasteiger partial charge in [-0.1, -0.05) is 54.6 Å². The minimum Gasteiger partial charge on any atom is -0.256 e. The molecule has 1 nitrogen and oxygen atoms in total. The highest BCUT2D eigenvalue weighted by atomic mass is 32.1. The van der Waals surface area contributed by atoms with Gasteiger partial charge in [-0.15, -0.1) is 11.3 Å². The van der Waals surface area contributed by atoms with Gasteiger partial charge in [-0.3, -0.25) is 4.98 Å². The Morgan fingerprint density at radius 2 is 1.70 bits per heavy atom. The first-order valence-corrected chi connectivity index (χ1v) is 9.55. The smallest absolute Gasteiger partial charge is 0.0705 e. The van der Waals surface area contributed by atoms with Gasteiger partial charge in [-0.25, -0.2) is 0 Å². The molecule has 2 heteroatoms. The minimum absolute atomic E-state index is 0.0721. The highest BCUT2D eigenvalue weighted by Gasteiger charge is 2.09. The van der Waals surface area contributed by atoms with Crippen LogP contribution in [0.2, 0.25) is 0 Å². The van der Waals surface area contributed by atoms with Gasteiger partial charge in [-0.05, 0) is 54.2 Å². The van der Waals surface area contributed by atoms with Gasteiger partial charge in [0.05, 0.1) is 5.69 Å². The number of benzene rings is 3. The molecule has 0 aliphatic rings. The molecule has 0 amide bonds. The number of thiophene rings is 1. The Labute approximate surface area is 170 Å². The Morgan fingerprint density at radius 1 is 0.889 bits per heavy atom. The lowest BCUT2D eigenvalue weighted by molar-refractivity contribution is 1.12. The number of fused-ring (bicyclic) bond motifs is 3. The Kier molecular flexibility index (Phi) is 2.87. The Bertz CT molecular complexity index is 1440. The number of rotatable bonds is 3. The molecule has 27 heavy (non-hydrogen) atoms. The number of hydrogen-bond acceptors (Lipinski definition) is 2. The highest BCUT2D eigenvalue weighted by Crippen LogP contribution is 2.36. The van der Waals surface area contributed by atoms with Gasteiger partial charge in [0.1, 0.15) is 0 Å². The monoisotopic (exact) mass is 370 g/mol. The number of hydrogen-bond donors (Lipinski definition) is 0. The van der Waals surface area contributed by atoms with E-state index in [9.17, 15) is 0 Å². The molecule has 3 aromatic carbocycles. The molecule has 0 radical (unpaired) electrons. The lowest BCUT2D eigenvalue weighted by Gasteiger charge is -2.09. The van der Waals surface area contributed by atoms with Crippen LogP contribution in [0.15, 0.2) is 85.1 Å². The van der Waals surface area contributed by atoms with Crippen molar-refractivity contribution < 1.29 is 6.85 Å². The van der Waals surface area contributed by atoms with Crippen LogP contribution in [0.5, 0.6) is 0 Å². The zero-order valence-electron chi connectivity index (χ0n) is 19.4. The first-order chi connectivity index (χ1) is 15.2. The molecule has 5 rings (SSSR count). The predicted octanol–water partition coefficient (Wildman–Crippen LogP) is 7.02. The van der Waals surface area contributed by atoms with Crippen LogP contribution in [0.25, 0.3) is 31.4 Å². The second-order valence-corrected chi connectivity index (χ2v) is 7.50. The molecule has 0 aliphatic carbocycles. The van der Waals surface area contributed by atoms with Crippen molar-refractivity contribution in [2.75, 3.05) is 0 Å². The predicted molar refractivity (Wildman–Crippen MR) is 117 cm³/mol. The SMILES string of the molecule is [2H]C([2H])([2H])c1cnc(-c2ccc3sc4ccccc4c3c2)cc1C([2H])([2H])c1ccccc1. The summed E-state index contributed by atoms with van der Waals surface area (Å²) in [7, 11) is 0. The molecule has 2 aromatic heterocycles. The van der Waals surface area contributed by atoms with Gasteiger partial charge in [0.25, 0.3) is 0 Å². The molecular weight excluding hydrogens is 346 g/mol. The molecule has 0 spiro atoms. The fourth-order valence-electron chi connectivity index (χ4n) is 3.28. The molecule has 0 atom stereocenters. The third-order valence-corrected chi connectivity index (χ3v) is 5.78. The molecule has 0 unspecified atom stereocenters. The van der Waals surface area contributed by atoms with E-state index >= 15 is 0 Å². The van der Waals surface area contributed by atoms with E-state index in [2.05, 4.69) is 17.1 Å². The highest BCUT2D eigenvalue weighted by molar-refractivity contribution is 7.25. The average molecular weight is 371 g/mol. The Balaban J connectivity index is 1.71. The minimum atomic E-state index is -2.48. The van der Waals surface area contributed by atoms with Gasteiger partial charge in [-0.2, -0.15) is 0 Å². The molecule has 2 heterocycles. The molecule has 0 N–H and O–H groups in total. The number of aryl methyl sites for hydroxylation is 1. The standard InChI is InChI=1S/C25H19NS/c1-17-16-26-23(15-20(17)13-18-7-3-2-4-8-18)19-11-12-25-22(14-19)21-9-5-6-10-24(21)27-25/h2-12,14-16H,13H2,1H3/i1D3,13D2. The summed E-state index contributed by atoms with van der Waals surface area (Å²) in [6.07, 6.45) is -0.684. The summed E-state index contributed by atoms with van der Waals surface area (Å²) in [6, 6.07) is 24.5. The number of pyridine rings is 1. The van der Waals surface area contributed by atoms with Crippen LogP contribution in [-0.2, 0) is 6.37 Å². The number of aromatic nitrogens is 1. The summed E-state index contributed by atoms with van der Waals surface area (Å²) in [5, 5.41) is 2.27. The van der Waals surface area contributed by atoms with Gasteiger partial charge >= 0.3 is 0 Å². The van der Waals surface area contributed by atoms with E-state index in [0.29, 0.717) is 11.3 Å². The van der Waals surface area contributed by atoms with Crippen molar-refractivity contribution in [3.63, 3.8) is 0 Å². The van der Waals surface area contributed by atoms with Crippen molar-refractivity contribution in [3.8, 4) is 11.3 Å². The molecule has 0 fully saturated rings. The fourth-order valence-corrected chi connectivity index (χ4v) is 4.37.